The number of hydrogen-bond donors (Lipinski definition) is 2. The van der Waals surface area contributed by atoms with Crippen molar-refractivity contribution in [3.8, 4) is 0 Å². The van der Waals surface area contributed by atoms with Crippen LogP contribution in [0.15, 0.2) is 47.5 Å². The van der Waals surface area contributed by atoms with E-state index in [9.17, 15) is 8.42 Å². The normalized spacial score (nSPS) is 15.3. The summed E-state index contributed by atoms with van der Waals surface area (Å²) in [6.07, 6.45) is 1.97. The molecule has 0 spiro atoms. The topological polar surface area (TPSA) is 70.6 Å². The zero-order valence-electron chi connectivity index (χ0n) is 15.4. The lowest BCUT2D eigenvalue weighted by Gasteiger charge is -2.21. The first-order valence-corrected chi connectivity index (χ1v) is 10.6. The van der Waals surface area contributed by atoms with Crippen LogP contribution in [0.3, 0.4) is 0 Å². The molecule has 2 N–H and O–H groups in total. The summed E-state index contributed by atoms with van der Waals surface area (Å²) in [6.45, 7) is 5.99. The van der Waals surface area contributed by atoms with E-state index in [2.05, 4.69) is 47.1 Å². The van der Waals surface area contributed by atoms with E-state index in [1.807, 2.05) is 12.1 Å². The summed E-state index contributed by atoms with van der Waals surface area (Å²) in [6, 6.07) is 14.0. The number of rotatable bonds is 6. The van der Waals surface area contributed by atoms with Crippen LogP contribution in [0.1, 0.15) is 28.2 Å². The molecule has 0 bridgehead atoms. The van der Waals surface area contributed by atoms with Gasteiger partial charge >= 0.3 is 0 Å². The number of anilines is 1. The summed E-state index contributed by atoms with van der Waals surface area (Å²) in [5.74, 6) is 1.21. The number of hydrogen-bond acceptors (Lipinski definition) is 4. The van der Waals surface area contributed by atoms with E-state index < -0.39 is 10.0 Å². The highest BCUT2D eigenvalue weighted by Crippen LogP contribution is 2.28. The molecule has 0 amide bonds. The average Bonchev–Trinajstić information content (AvgIpc) is 3.10. The fourth-order valence-corrected chi connectivity index (χ4v) is 3.88. The summed E-state index contributed by atoms with van der Waals surface area (Å²) in [5.41, 5.74) is 5.58. The molecular weight excluding hydrogens is 346 g/mol. The molecule has 2 aromatic rings. The number of aryl methyl sites for hydroxylation is 1. The molecule has 3 rings (SSSR count). The molecule has 0 saturated carbocycles. The molecule has 26 heavy (non-hydrogen) atoms. The molecule has 2 aromatic carbocycles. The predicted molar refractivity (Wildman–Crippen MR) is 108 cm³/mol. The molecule has 5 nitrogen and oxygen atoms in total. The number of aliphatic imine (C=N–C) groups is 1. The molecule has 1 aliphatic heterocycles. The Morgan fingerprint density at radius 1 is 1.15 bits per heavy atom. The zero-order chi connectivity index (χ0) is 18.7. The van der Waals surface area contributed by atoms with Gasteiger partial charge in [-0.3, -0.25) is 9.71 Å². The van der Waals surface area contributed by atoms with Crippen LogP contribution in [0, 0.1) is 13.8 Å². The molecule has 1 aliphatic rings. The third-order valence-corrected chi connectivity index (χ3v) is 5.36. The minimum Gasteiger partial charge on any atom is -0.371 e. The highest BCUT2D eigenvalue weighted by molar-refractivity contribution is 7.92. The van der Waals surface area contributed by atoms with Gasteiger partial charge in [0.05, 0.1) is 12.8 Å². The van der Waals surface area contributed by atoms with Crippen molar-refractivity contribution in [2.24, 2.45) is 4.99 Å². The molecule has 0 saturated heterocycles. The predicted octanol–water partition coefficient (Wildman–Crippen LogP) is 3.00. The molecular formula is C20H25N3O2S. The van der Waals surface area contributed by atoms with Gasteiger partial charge in [0.2, 0.25) is 10.0 Å². The lowest BCUT2D eigenvalue weighted by molar-refractivity contribution is 0.607. The minimum atomic E-state index is -3.26. The van der Waals surface area contributed by atoms with E-state index in [4.69, 9.17) is 0 Å². The second kappa shape index (κ2) is 7.50. The minimum absolute atomic E-state index is 0.172. The molecule has 0 radical (unpaired) electrons. The molecule has 6 heteroatoms. The summed E-state index contributed by atoms with van der Waals surface area (Å²) >= 11 is 0. The van der Waals surface area contributed by atoms with Gasteiger partial charge in [0, 0.05) is 18.2 Å². The van der Waals surface area contributed by atoms with Crippen molar-refractivity contribution in [1.82, 2.24) is 5.32 Å². The SMILES string of the molecule is Cc1cccc(C(Cc2ccc(NS(C)(=O)=O)cc2)C2=NCCN2)c1C. The Morgan fingerprint density at radius 2 is 1.88 bits per heavy atom. The van der Waals surface area contributed by atoms with Crippen LogP contribution in [-0.2, 0) is 16.4 Å². The Hall–Kier alpha value is -2.34. The van der Waals surface area contributed by atoms with Gasteiger partial charge in [-0.2, -0.15) is 0 Å². The van der Waals surface area contributed by atoms with Crippen LogP contribution in [0.2, 0.25) is 0 Å². The smallest absolute Gasteiger partial charge is 0.229 e. The van der Waals surface area contributed by atoms with Gasteiger partial charge in [0.1, 0.15) is 5.84 Å². The standard InChI is InChI=1S/C20H25N3O2S/c1-14-5-4-6-18(15(14)2)19(20-21-11-12-22-20)13-16-7-9-17(10-8-16)23-26(3,24)25/h4-10,19,23H,11-13H2,1-3H3,(H,21,22). The van der Waals surface area contributed by atoms with Crippen molar-refractivity contribution < 1.29 is 8.42 Å². The number of nitrogens with one attached hydrogen (secondary N) is 2. The fraction of sp³-hybridized carbons (Fsp3) is 0.350. The van der Waals surface area contributed by atoms with Gasteiger partial charge in [0.15, 0.2) is 0 Å². The largest absolute Gasteiger partial charge is 0.371 e. The third-order valence-electron chi connectivity index (χ3n) is 4.75. The third kappa shape index (κ3) is 4.43. The fourth-order valence-electron chi connectivity index (χ4n) is 3.31. The highest BCUT2D eigenvalue weighted by atomic mass is 32.2. The van der Waals surface area contributed by atoms with Crippen molar-refractivity contribution in [3.63, 3.8) is 0 Å². The quantitative estimate of drug-likeness (QED) is 0.820. The van der Waals surface area contributed by atoms with Crippen LogP contribution < -0.4 is 10.0 Å². The van der Waals surface area contributed by atoms with Crippen LogP contribution >= 0.6 is 0 Å². The van der Waals surface area contributed by atoms with Gasteiger partial charge in [0.25, 0.3) is 0 Å². The molecule has 0 aliphatic carbocycles. The van der Waals surface area contributed by atoms with Crippen molar-refractivity contribution in [2.75, 3.05) is 24.1 Å². The molecule has 1 atom stereocenters. The lowest BCUT2D eigenvalue weighted by Crippen LogP contribution is -2.27. The van der Waals surface area contributed by atoms with Gasteiger partial charge in [-0.05, 0) is 54.7 Å². The van der Waals surface area contributed by atoms with Crippen LogP contribution in [0.25, 0.3) is 0 Å². The molecule has 0 fully saturated rings. The lowest BCUT2D eigenvalue weighted by atomic mass is 9.86. The Balaban J connectivity index is 1.88. The van der Waals surface area contributed by atoms with Gasteiger partial charge in [-0.15, -0.1) is 0 Å². The summed E-state index contributed by atoms with van der Waals surface area (Å²) in [5, 5.41) is 3.42. The Morgan fingerprint density at radius 3 is 2.50 bits per heavy atom. The summed E-state index contributed by atoms with van der Waals surface area (Å²) < 4.78 is 25.2. The van der Waals surface area contributed by atoms with Crippen LogP contribution in [-0.4, -0.2) is 33.6 Å². The van der Waals surface area contributed by atoms with E-state index in [0.29, 0.717) is 5.69 Å². The summed E-state index contributed by atoms with van der Waals surface area (Å²) in [4.78, 5) is 4.66. The van der Waals surface area contributed by atoms with E-state index in [-0.39, 0.29) is 5.92 Å². The van der Waals surface area contributed by atoms with Crippen molar-refractivity contribution in [3.05, 3.63) is 64.7 Å². The molecule has 0 aromatic heterocycles. The Bertz CT molecular complexity index is 919. The number of benzene rings is 2. The number of nitrogens with zero attached hydrogens (tertiary/aromatic N) is 1. The maximum absolute atomic E-state index is 11.4. The maximum atomic E-state index is 11.4. The van der Waals surface area contributed by atoms with Crippen molar-refractivity contribution in [2.45, 2.75) is 26.2 Å². The first kappa shape index (κ1) is 18.5. The Kier molecular flexibility index (Phi) is 5.32. The Labute approximate surface area is 155 Å². The van der Waals surface area contributed by atoms with Crippen LogP contribution in [0.5, 0.6) is 0 Å². The van der Waals surface area contributed by atoms with Gasteiger partial charge in [-0.1, -0.05) is 30.3 Å². The summed E-state index contributed by atoms with van der Waals surface area (Å²) in [7, 11) is -3.26. The van der Waals surface area contributed by atoms with Crippen molar-refractivity contribution in [1.29, 1.82) is 0 Å². The average molecular weight is 372 g/mol. The number of sulfonamides is 1. The van der Waals surface area contributed by atoms with Crippen LogP contribution in [0.4, 0.5) is 5.69 Å². The van der Waals surface area contributed by atoms with Gasteiger partial charge in [-0.25, -0.2) is 8.42 Å². The van der Waals surface area contributed by atoms with E-state index in [1.54, 1.807) is 12.1 Å². The zero-order valence-corrected chi connectivity index (χ0v) is 16.2. The first-order valence-electron chi connectivity index (χ1n) is 8.74. The molecule has 138 valence electrons. The second-order valence-corrected chi connectivity index (χ2v) is 8.56. The molecule has 1 heterocycles. The van der Waals surface area contributed by atoms with E-state index >= 15 is 0 Å². The highest BCUT2D eigenvalue weighted by Gasteiger charge is 2.23. The maximum Gasteiger partial charge on any atom is 0.229 e. The van der Waals surface area contributed by atoms with Gasteiger partial charge < -0.3 is 5.32 Å². The van der Waals surface area contributed by atoms with E-state index in [0.717, 1.165) is 37.2 Å². The molecule has 1 unspecified atom stereocenters. The first-order chi connectivity index (χ1) is 12.3. The van der Waals surface area contributed by atoms with Crippen molar-refractivity contribution >= 4 is 21.5 Å². The van der Waals surface area contributed by atoms with E-state index in [1.165, 1.54) is 16.7 Å². The number of amidine groups is 1. The monoisotopic (exact) mass is 371 g/mol. The second-order valence-electron chi connectivity index (χ2n) is 6.81.